The summed E-state index contributed by atoms with van der Waals surface area (Å²) < 4.78 is 1.61. The Morgan fingerprint density at radius 2 is 1.90 bits per heavy atom. The summed E-state index contributed by atoms with van der Waals surface area (Å²) in [5.74, 6) is -0.624. The standard InChI is InChI=1S/C24H19N3O3S/c25-13-16-21(29)17(12-18(28)14-8-4-3-5-9-14)27-22(16)26-23(30)20-15-10-6-1-2-7-11-19(15)31-24(20)27/h3-5,8-9,12,29H,1-2,6-7,10-11H2/b17-12+. The van der Waals surface area contributed by atoms with E-state index in [0.29, 0.717) is 15.8 Å². The summed E-state index contributed by atoms with van der Waals surface area (Å²) in [7, 11) is 0. The summed E-state index contributed by atoms with van der Waals surface area (Å²) in [6.07, 6.45) is 7.42. The molecule has 3 aromatic heterocycles. The number of fused-ring (bicyclic) bond motifs is 5. The Balaban J connectivity index is 1.88. The number of ketones is 1. The fourth-order valence-corrected chi connectivity index (χ4v) is 5.75. The van der Waals surface area contributed by atoms with Gasteiger partial charge in [0.15, 0.2) is 17.2 Å². The van der Waals surface area contributed by atoms with Crippen LogP contribution < -0.4 is 10.9 Å². The number of hydrogen-bond donors (Lipinski definition) is 1. The molecule has 0 saturated carbocycles. The van der Waals surface area contributed by atoms with Crippen LogP contribution >= 0.6 is 11.3 Å². The molecule has 6 nitrogen and oxygen atoms in total. The highest BCUT2D eigenvalue weighted by Crippen LogP contribution is 2.34. The monoisotopic (exact) mass is 429 g/mol. The van der Waals surface area contributed by atoms with Crippen molar-refractivity contribution in [3.63, 3.8) is 0 Å². The fraction of sp³-hybridized carbons (Fsp3) is 0.250. The molecule has 31 heavy (non-hydrogen) atoms. The van der Waals surface area contributed by atoms with E-state index in [0.717, 1.165) is 42.5 Å². The van der Waals surface area contributed by atoms with Gasteiger partial charge in [0.1, 0.15) is 16.5 Å². The van der Waals surface area contributed by atoms with Gasteiger partial charge in [0.2, 0.25) is 0 Å². The molecule has 0 bridgehead atoms. The lowest BCUT2D eigenvalue weighted by molar-refractivity contribution is 0.106. The van der Waals surface area contributed by atoms with Crippen LogP contribution in [0, 0.1) is 11.3 Å². The molecular weight excluding hydrogens is 410 g/mol. The Labute approximate surface area is 181 Å². The minimum absolute atomic E-state index is 0.0908. The zero-order valence-corrected chi connectivity index (χ0v) is 17.5. The molecule has 7 heteroatoms. The highest BCUT2D eigenvalue weighted by Gasteiger charge is 2.24. The number of aromatic hydroxyl groups is 1. The molecule has 0 spiro atoms. The van der Waals surface area contributed by atoms with E-state index in [1.807, 2.05) is 12.1 Å². The number of thiophene rings is 1. The van der Waals surface area contributed by atoms with Gasteiger partial charge < -0.3 is 5.11 Å². The summed E-state index contributed by atoms with van der Waals surface area (Å²) in [6.45, 7) is 0. The molecule has 5 rings (SSSR count). The van der Waals surface area contributed by atoms with Gasteiger partial charge in [-0.2, -0.15) is 10.2 Å². The quantitative estimate of drug-likeness (QED) is 0.492. The third-order valence-electron chi connectivity index (χ3n) is 5.87. The van der Waals surface area contributed by atoms with Crippen LogP contribution in [-0.4, -0.2) is 20.3 Å². The van der Waals surface area contributed by atoms with Crippen molar-refractivity contribution in [1.29, 1.82) is 5.26 Å². The van der Waals surface area contributed by atoms with Gasteiger partial charge in [0.25, 0.3) is 5.56 Å². The molecular formula is C24H19N3O3S. The second-order valence-electron chi connectivity index (χ2n) is 7.77. The van der Waals surface area contributed by atoms with E-state index < -0.39 is 0 Å². The van der Waals surface area contributed by atoms with E-state index in [4.69, 9.17) is 0 Å². The molecule has 154 valence electrons. The van der Waals surface area contributed by atoms with Crippen molar-refractivity contribution in [2.24, 2.45) is 0 Å². The highest BCUT2D eigenvalue weighted by atomic mass is 32.1. The number of nitriles is 1. The summed E-state index contributed by atoms with van der Waals surface area (Å²) in [6, 6.07) is 10.7. The lowest BCUT2D eigenvalue weighted by Crippen LogP contribution is -2.17. The van der Waals surface area contributed by atoms with Gasteiger partial charge in [-0.15, -0.1) is 11.3 Å². The minimum Gasteiger partial charge on any atom is -0.504 e. The maximum absolute atomic E-state index is 13.0. The van der Waals surface area contributed by atoms with Crippen molar-refractivity contribution in [3.8, 4) is 11.8 Å². The Hall–Kier alpha value is -3.50. The number of rotatable bonds is 2. The first-order valence-corrected chi connectivity index (χ1v) is 11.1. The summed E-state index contributed by atoms with van der Waals surface area (Å²) >= 11 is 1.51. The fourth-order valence-electron chi connectivity index (χ4n) is 4.36. The molecule has 0 fully saturated rings. The lowest BCUT2D eigenvalue weighted by Gasteiger charge is -2.08. The van der Waals surface area contributed by atoms with E-state index in [1.54, 1.807) is 28.7 Å². The molecule has 1 N–H and O–H groups in total. The number of aryl methyl sites for hydroxylation is 2. The van der Waals surface area contributed by atoms with E-state index in [2.05, 4.69) is 4.98 Å². The average Bonchev–Trinajstić information content (AvgIpc) is 3.23. The van der Waals surface area contributed by atoms with Crippen LogP contribution in [0.25, 0.3) is 21.9 Å². The van der Waals surface area contributed by atoms with Crippen LogP contribution in [0.3, 0.4) is 0 Å². The topological polar surface area (TPSA) is 95.5 Å². The lowest BCUT2D eigenvalue weighted by atomic mass is 9.98. The van der Waals surface area contributed by atoms with Gasteiger partial charge in [-0.3, -0.25) is 14.0 Å². The maximum atomic E-state index is 13.0. The number of nitrogens with zero attached hydrogens (tertiary/aromatic N) is 3. The zero-order valence-electron chi connectivity index (χ0n) is 16.7. The van der Waals surface area contributed by atoms with Crippen molar-refractivity contribution in [2.45, 2.75) is 38.5 Å². The van der Waals surface area contributed by atoms with Crippen LogP contribution in [0.2, 0.25) is 0 Å². The van der Waals surface area contributed by atoms with Gasteiger partial charge in [0.05, 0.1) is 10.7 Å². The molecule has 0 saturated heterocycles. The Kier molecular flexibility index (Phi) is 4.79. The second-order valence-corrected chi connectivity index (χ2v) is 8.85. The molecule has 4 aromatic rings. The predicted octanol–water partition coefficient (Wildman–Crippen LogP) is 3.53. The van der Waals surface area contributed by atoms with E-state index in [1.165, 1.54) is 23.8 Å². The highest BCUT2D eigenvalue weighted by molar-refractivity contribution is 7.18. The van der Waals surface area contributed by atoms with Gasteiger partial charge >= 0.3 is 0 Å². The Morgan fingerprint density at radius 3 is 2.65 bits per heavy atom. The molecule has 1 aliphatic carbocycles. The van der Waals surface area contributed by atoms with Crippen molar-refractivity contribution < 1.29 is 9.90 Å². The minimum atomic E-state index is -0.379. The summed E-state index contributed by atoms with van der Waals surface area (Å²) in [4.78, 5) is 31.8. The van der Waals surface area contributed by atoms with E-state index >= 15 is 0 Å². The van der Waals surface area contributed by atoms with Crippen LogP contribution in [0.1, 0.15) is 52.0 Å². The van der Waals surface area contributed by atoms with Crippen molar-refractivity contribution >= 4 is 39.1 Å². The first kappa shape index (κ1) is 19.5. The number of carbonyl (C=O) groups excluding carboxylic acids is 1. The number of aromatic nitrogens is 2. The number of Topliss-reactive ketones (excluding diaryl/α,β-unsaturated/α-hetero) is 1. The average molecular weight is 430 g/mol. The summed E-state index contributed by atoms with van der Waals surface area (Å²) in [5, 5.41) is 21.1. The largest absolute Gasteiger partial charge is 0.504 e. The number of benzene rings is 1. The first-order valence-electron chi connectivity index (χ1n) is 10.3. The summed E-state index contributed by atoms with van der Waals surface area (Å²) in [5.41, 5.74) is 1.13. The predicted molar refractivity (Wildman–Crippen MR) is 120 cm³/mol. The van der Waals surface area contributed by atoms with Crippen molar-refractivity contribution in [3.05, 3.63) is 67.6 Å². The van der Waals surface area contributed by atoms with Crippen LogP contribution in [-0.2, 0) is 12.8 Å². The Morgan fingerprint density at radius 1 is 1.16 bits per heavy atom. The zero-order chi connectivity index (χ0) is 21.5. The van der Waals surface area contributed by atoms with Crippen LogP contribution in [0.15, 0.2) is 35.1 Å². The molecule has 0 radical (unpaired) electrons. The molecule has 1 aromatic carbocycles. The van der Waals surface area contributed by atoms with Gasteiger partial charge in [-0.05, 0) is 31.2 Å². The smallest absolute Gasteiger partial charge is 0.282 e. The molecule has 1 aliphatic rings. The van der Waals surface area contributed by atoms with Crippen LogP contribution in [0.5, 0.6) is 5.75 Å². The SMILES string of the molecule is N#Cc1c(O)/c(=C\C(=O)c2ccccc2)n2c1nc(=O)c1c3c(sc12)CCCCCC3. The molecule has 0 amide bonds. The van der Waals surface area contributed by atoms with E-state index in [-0.39, 0.29) is 33.7 Å². The van der Waals surface area contributed by atoms with Crippen molar-refractivity contribution in [2.75, 3.05) is 0 Å². The second kappa shape index (κ2) is 7.64. The number of carbonyl (C=O) groups is 1. The normalized spacial score (nSPS) is 14.9. The van der Waals surface area contributed by atoms with E-state index in [9.17, 15) is 20.0 Å². The first-order chi connectivity index (χ1) is 15.1. The molecule has 3 heterocycles. The molecule has 0 aliphatic heterocycles. The Bertz CT molecular complexity index is 1490. The van der Waals surface area contributed by atoms with Gasteiger partial charge in [-0.1, -0.05) is 43.2 Å². The van der Waals surface area contributed by atoms with Gasteiger partial charge in [0, 0.05) is 16.5 Å². The van der Waals surface area contributed by atoms with Crippen LogP contribution in [0.4, 0.5) is 0 Å². The maximum Gasteiger partial charge on any atom is 0.282 e. The third-order valence-corrected chi connectivity index (χ3v) is 7.15. The third kappa shape index (κ3) is 3.11. The molecule has 0 unspecified atom stereocenters. The molecule has 0 atom stereocenters. The van der Waals surface area contributed by atoms with Crippen molar-refractivity contribution in [1.82, 2.24) is 9.38 Å². The number of hydrogen-bond acceptors (Lipinski definition) is 6. The van der Waals surface area contributed by atoms with Gasteiger partial charge in [-0.25, -0.2) is 0 Å².